The van der Waals surface area contributed by atoms with E-state index in [-0.39, 0.29) is 0 Å². The van der Waals surface area contributed by atoms with Gasteiger partial charge in [-0.15, -0.1) is 0 Å². The van der Waals surface area contributed by atoms with Gasteiger partial charge >= 0.3 is 0 Å². The van der Waals surface area contributed by atoms with Gasteiger partial charge in [0.1, 0.15) is 0 Å². The van der Waals surface area contributed by atoms with Gasteiger partial charge in [-0.1, -0.05) is 13.8 Å². The molecular weight excluding hydrogens is 210 g/mol. The minimum atomic E-state index is 0.349. The van der Waals surface area contributed by atoms with Gasteiger partial charge in [-0.25, -0.2) is 0 Å². The van der Waals surface area contributed by atoms with Crippen LogP contribution in [-0.4, -0.2) is 22.4 Å². The number of aryl methyl sites for hydroxylation is 2. The van der Waals surface area contributed by atoms with Gasteiger partial charge in [-0.05, 0) is 50.6 Å². The molecule has 1 aliphatic rings. The van der Waals surface area contributed by atoms with Crippen LogP contribution in [0.15, 0.2) is 6.07 Å². The van der Waals surface area contributed by atoms with Crippen LogP contribution in [0.25, 0.3) is 0 Å². The molecule has 1 heterocycles. The highest BCUT2D eigenvalue weighted by Gasteiger charge is 2.23. The molecule has 3 heteroatoms. The van der Waals surface area contributed by atoms with Gasteiger partial charge in [-0.3, -0.25) is 4.68 Å². The van der Waals surface area contributed by atoms with Crippen LogP contribution in [0.5, 0.6) is 0 Å². The van der Waals surface area contributed by atoms with Crippen molar-refractivity contribution in [1.29, 1.82) is 0 Å². The Balaban J connectivity index is 1.84. The van der Waals surface area contributed by atoms with Crippen LogP contribution < -0.4 is 5.32 Å². The third kappa shape index (κ3) is 3.84. The van der Waals surface area contributed by atoms with E-state index in [1.54, 1.807) is 0 Å². The highest BCUT2D eigenvalue weighted by atomic mass is 15.3. The van der Waals surface area contributed by atoms with Gasteiger partial charge in [0.05, 0.1) is 5.69 Å². The molecule has 1 fully saturated rings. The quantitative estimate of drug-likeness (QED) is 0.821. The van der Waals surface area contributed by atoms with Crippen LogP contribution in [0.1, 0.15) is 44.5 Å². The Morgan fingerprint density at radius 3 is 2.71 bits per heavy atom. The lowest BCUT2D eigenvalue weighted by Gasteiger charge is -2.24. The van der Waals surface area contributed by atoms with Crippen molar-refractivity contribution in [1.82, 2.24) is 15.1 Å². The van der Waals surface area contributed by atoms with Gasteiger partial charge in [0, 0.05) is 18.8 Å². The number of rotatable bonds is 6. The number of hydrogen-bond donors (Lipinski definition) is 1. The maximum absolute atomic E-state index is 4.41. The Morgan fingerprint density at radius 2 is 2.18 bits per heavy atom. The number of hydrogen-bond acceptors (Lipinski definition) is 2. The Morgan fingerprint density at radius 1 is 1.47 bits per heavy atom. The Kier molecular flexibility index (Phi) is 3.57. The molecule has 1 aliphatic carbocycles. The minimum Gasteiger partial charge on any atom is -0.314 e. The fourth-order valence-corrected chi connectivity index (χ4v) is 2.31. The zero-order valence-electron chi connectivity index (χ0n) is 11.6. The standard InChI is InChI=1S/C14H25N3/c1-11-9-13(17(4)16-11)10-14(2,3)7-8-15-12-5-6-12/h9,12,15H,5-8,10H2,1-4H3. The maximum atomic E-state index is 4.41. The van der Waals surface area contributed by atoms with E-state index >= 15 is 0 Å². The van der Waals surface area contributed by atoms with Crippen LogP contribution in [0.4, 0.5) is 0 Å². The van der Waals surface area contributed by atoms with Crippen LogP contribution in [0, 0.1) is 12.3 Å². The van der Waals surface area contributed by atoms with Gasteiger partial charge in [-0.2, -0.15) is 5.10 Å². The number of nitrogens with one attached hydrogen (secondary N) is 1. The first-order valence-corrected chi connectivity index (χ1v) is 6.69. The molecule has 0 bridgehead atoms. The van der Waals surface area contributed by atoms with Crippen molar-refractivity contribution in [3.05, 3.63) is 17.5 Å². The third-order valence-corrected chi connectivity index (χ3v) is 3.57. The largest absolute Gasteiger partial charge is 0.314 e. The Hall–Kier alpha value is -0.830. The molecular formula is C14H25N3. The van der Waals surface area contributed by atoms with Crippen LogP contribution in [0.2, 0.25) is 0 Å². The van der Waals surface area contributed by atoms with Gasteiger partial charge < -0.3 is 5.32 Å². The van der Waals surface area contributed by atoms with Gasteiger partial charge in [0.2, 0.25) is 0 Å². The monoisotopic (exact) mass is 235 g/mol. The fourth-order valence-electron chi connectivity index (χ4n) is 2.31. The molecule has 1 aromatic rings. The average Bonchev–Trinajstić information content (AvgIpc) is 2.94. The summed E-state index contributed by atoms with van der Waals surface area (Å²) < 4.78 is 2.02. The molecule has 0 atom stereocenters. The molecule has 0 saturated heterocycles. The Bertz CT molecular complexity index is 375. The van der Waals surface area contributed by atoms with Crippen molar-refractivity contribution >= 4 is 0 Å². The molecule has 3 nitrogen and oxygen atoms in total. The molecule has 1 saturated carbocycles. The van der Waals surface area contributed by atoms with Crippen molar-refractivity contribution in [2.24, 2.45) is 12.5 Å². The smallest absolute Gasteiger partial charge is 0.0596 e. The molecule has 0 radical (unpaired) electrons. The third-order valence-electron chi connectivity index (χ3n) is 3.57. The molecule has 2 rings (SSSR count). The highest BCUT2D eigenvalue weighted by Crippen LogP contribution is 2.26. The molecule has 96 valence electrons. The second kappa shape index (κ2) is 4.81. The normalized spacial score (nSPS) is 16.5. The molecule has 0 aliphatic heterocycles. The summed E-state index contributed by atoms with van der Waals surface area (Å²) in [6, 6.07) is 3.03. The van der Waals surface area contributed by atoms with Crippen molar-refractivity contribution in [3.63, 3.8) is 0 Å². The molecule has 0 unspecified atom stereocenters. The minimum absolute atomic E-state index is 0.349. The van der Waals surface area contributed by atoms with E-state index in [1.165, 1.54) is 25.0 Å². The number of nitrogens with zero attached hydrogens (tertiary/aromatic N) is 2. The zero-order valence-corrected chi connectivity index (χ0v) is 11.6. The summed E-state index contributed by atoms with van der Waals surface area (Å²) in [4.78, 5) is 0. The van der Waals surface area contributed by atoms with Crippen molar-refractivity contribution in [3.8, 4) is 0 Å². The van der Waals surface area contributed by atoms with Crippen molar-refractivity contribution in [2.45, 2.75) is 52.5 Å². The summed E-state index contributed by atoms with van der Waals surface area (Å²) in [5.74, 6) is 0. The first-order chi connectivity index (χ1) is 7.96. The predicted molar refractivity (Wildman–Crippen MR) is 71.1 cm³/mol. The SMILES string of the molecule is Cc1cc(CC(C)(C)CCNC2CC2)n(C)n1. The second-order valence-electron chi connectivity index (χ2n) is 6.22. The van der Waals surface area contributed by atoms with E-state index in [1.807, 2.05) is 11.7 Å². The number of aromatic nitrogens is 2. The molecule has 0 spiro atoms. The first kappa shape index (κ1) is 12.6. The maximum Gasteiger partial charge on any atom is 0.0596 e. The first-order valence-electron chi connectivity index (χ1n) is 6.69. The molecule has 0 aromatic carbocycles. The van der Waals surface area contributed by atoms with E-state index in [2.05, 4.69) is 37.3 Å². The van der Waals surface area contributed by atoms with Crippen molar-refractivity contribution < 1.29 is 0 Å². The van der Waals surface area contributed by atoms with Crippen molar-refractivity contribution in [2.75, 3.05) is 6.54 Å². The van der Waals surface area contributed by atoms with Crippen LogP contribution in [0.3, 0.4) is 0 Å². The van der Waals surface area contributed by atoms with E-state index in [0.717, 1.165) is 24.7 Å². The summed E-state index contributed by atoms with van der Waals surface area (Å²) in [6.45, 7) is 7.91. The highest BCUT2D eigenvalue weighted by molar-refractivity contribution is 5.10. The van der Waals surface area contributed by atoms with E-state index in [9.17, 15) is 0 Å². The topological polar surface area (TPSA) is 29.9 Å². The van der Waals surface area contributed by atoms with Gasteiger partial charge in [0.25, 0.3) is 0 Å². The summed E-state index contributed by atoms with van der Waals surface area (Å²) in [5, 5.41) is 8.01. The molecule has 1 N–H and O–H groups in total. The average molecular weight is 235 g/mol. The Labute approximate surface area is 105 Å². The lowest BCUT2D eigenvalue weighted by Crippen LogP contribution is -2.26. The predicted octanol–water partition coefficient (Wildman–Crippen LogP) is 2.44. The summed E-state index contributed by atoms with van der Waals surface area (Å²) >= 11 is 0. The molecule has 17 heavy (non-hydrogen) atoms. The van der Waals surface area contributed by atoms with E-state index in [0.29, 0.717) is 5.41 Å². The lowest BCUT2D eigenvalue weighted by molar-refractivity contribution is 0.317. The lowest BCUT2D eigenvalue weighted by atomic mass is 9.84. The van der Waals surface area contributed by atoms with E-state index < -0.39 is 0 Å². The fraction of sp³-hybridized carbons (Fsp3) is 0.786. The second-order valence-corrected chi connectivity index (χ2v) is 6.22. The van der Waals surface area contributed by atoms with Crippen LogP contribution >= 0.6 is 0 Å². The summed E-state index contributed by atoms with van der Waals surface area (Å²) in [6.07, 6.45) is 5.09. The molecule has 1 aromatic heterocycles. The molecule has 0 amide bonds. The summed E-state index contributed by atoms with van der Waals surface area (Å²) in [5.41, 5.74) is 2.82. The van der Waals surface area contributed by atoms with E-state index in [4.69, 9.17) is 0 Å². The summed E-state index contributed by atoms with van der Waals surface area (Å²) in [7, 11) is 2.04. The van der Waals surface area contributed by atoms with Crippen LogP contribution in [-0.2, 0) is 13.5 Å². The zero-order chi connectivity index (χ0) is 12.5. The van der Waals surface area contributed by atoms with Gasteiger partial charge in [0.15, 0.2) is 0 Å².